The van der Waals surface area contributed by atoms with E-state index in [1.54, 1.807) is 12.1 Å². The highest BCUT2D eigenvalue weighted by Gasteiger charge is 2.39. The quantitative estimate of drug-likeness (QED) is 0.695. The fourth-order valence-electron chi connectivity index (χ4n) is 3.45. The van der Waals surface area contributed by atoms with Crippen molar-refractivity contribution in [3.05, 3.63) is 66.4 Å². The second kappa shape index (κ2) is 5.64. The molecule has 1 atom stereocenters. The number of fused-ring (bicyclic) bond motifs is 1. The van der Waals surface area contributed by atoms with Crippen LogP contribution < -0.4 is 4.90 Å². The zero-order valence-corrected chi connectivity index (χ0v) is 13.5. The van der Waals surface area contributed by atoms with Gasteiger partial charge in [-0.05, 0) is 47.7 Å². The Bertz CT molecular complexity index is 927. The molecule has 1 fully saturated rings. The second-order valence-electron chi connectivity index (χ2n) is 6.33. The number of carbonyl (C=O) groups is 2. The summed E-state index contributed by atoms with van der Waals surface area (Å²) in [6.07, 6.45) is 2.90. The largest absolute Gasteiger partial charge is 0.351 e. The van der Waals surface area contributed by atoms with Crippen molar-refractivity contribution in [1.82, 2.24) is 4.57 Å². The van der Waals surface area contributed by atoms with Gasteiger partial charge in [0.25, 0.3) is 0 Å². The van der Waals surface area contributed by atoms with Gasteiger partial charge in [-0.1, -0.05) is 24.3 Å². The maximum atomic E-state index is 12.7. The van der Waals surface area contributed by atoms with Crippen molar-refractivity contribution in [2.45, 2.75) is 12.8 Å². The number of carbonyl (C=O) groups excluding carboxylic acids is 2. The Kier molecular flexibility index (Phi) is 3.45. The van der Waals surface area contributed by atoms with Crippen LogP contribution in [-0.4, -0.2) is 16.4 Å². The molecule has 4 nitrogen and oxygen atoms in total. The number of nitrogens with zero attached hydrogens (tertiary/aromatic N) is 2. The minimum atomic E-state index is -0.279. The number of para-hydroxylation sites is 1. The van der Waals surface area contributed by atoms with Crippen LogP contribution in [0.2, 0.25) is 0 Å². The molecule has 2 aromatic carbocycles. The summed E-state index contributed by atoms with van der Waals surface area (Å²) in [5.74, 6) is -0.491. The van der Waals surface area contributed by atoms with Crippen molar-refractivity contribution in [2.24, 2.45) is 13.0 Å². The molecular formula is C20H18N2O2. The van der Waals surface area contributed by atoms with Crippen LogP contribution in [0.5, 0.6) is 0 Å². The first-order valence-corrected chi connectivity index (χ1v) is 8.09. The Labute approximate surface area is 140 Å². The van der Waals surface area contributed by atoms with Crippen molar-refractivity contribution in [3.8, 4) is 0 Å². The molecule has 1 unspecified atom stereocenters. The molecule has 1 aliphatic heterocycles. The Hall–Kier alpha value is -2.88. The standard InChI is InChI=1S/C20H18N2O2/c1-21-10-9-15-11-14(7-8-18(15)21)12-16-13-19(23)22(20(16)24)17-5-3-2-4-6-17/h2-11,16H,12-13H2,1H3. The monoisotopic (exact) mass is 318 g/mol. The van der Waals surface area contributed by atoms with Gasteiger partial charge in [0.2, 0.25) is 11.8 Å². The van der Waals surface area contributed by atoms with E-state index in [1.807, 2.05) is 37.5 Å². The van der Waals surface area contributed by atoms with Crippen LogP contribution in [0.15, 0.2) is 60.8 Å². The highest BCUT2D eigenvalue weighted by atomic mass is 16.2. The molecule has 0 radical (unpaired) electrons. The third-order valence-corrected chi connectivity index (χ3v) is 4.69. The zero-order chi connectivity index (χ0) is 16.7. The van der Waals surface area contributed by atoms with Crippen LogP contribution in [0.3, 0.4) is 0 Å². The molecule has 0 N–H and O–H groups in total. The molecule has 0 saturated carbocycles. The van der Waals surface area contributed by atoms with E-state index in [9.17, 15) is 9.59 Å². The lowest BCUT2D eigenvalue weighted by atomic mass is 9.97. The lowest BCUT2D eigenvalue weighted by molar-refractivity contribution is -0.122. The fourth-order valence-corrected chi connectivity index (χ4v) is 3.45. The van der Waals surface area contributed by atoms with Gasteiger partial charge in [0.05, 0.1) is 11.6 Å². The Balaban J connectivity index is 1.58. The number of benzene rings is 2. The Morgan fingerprint density at radius 3 is 2.62 bits per heavy atom. The third-order valence-electron chi connectivity index (χ3n) is 4.69. The van der Waals surface area contributed by atoms with Gasteiger partial charge in [-0.2, -0.15) is 0 Å². The summed E-state index contributed by atoms with van der Waals surface area (Å²) in [5.41, 5.74) is 2.92. The summed E-state index contributed by atoms with van der Waals surface area (Å²) < 4.78 is 2.07. The predicted molar refractivity (Wildman–Crippen MR) is 93.7 cm³/mol. The number of hydrogen-bond donors (Lipinski definition) is 0. The molecular weight excluding hydrogens is 300 g/mol. The molecule has 2 heterocycles. The first-order valence-electron chi connectivity index (χ1n) is 8.09. The van der Waals surface area contributed by atoms with E-state index >= 15 is 0 Å². The van der Waals surface area contributed by atoms with Crippen molar-refractivity contribution in [1.29, 1.82) is 0 Å². The smallest absolute Gasteiger partial charge is 0.237 e. The van der Waals surface area contributed by atoms with Gasteiger partial charge in [-0.15, -0.1) is 0 Å². The van der Waals surface area contributed by atoms with Gasteiger partial charge in [-0.25, -0.2) is 0 Å². The normalized spacial score (nSPS) is 17.9. The van der Waals surface area contributed by atoms with Crippen LogP contribution in [0.25, 0.3) is 10.9 Å². The summed E-state index contributed by atoms with van der Waals surface area (Å²) in [5, 5.41) is 1.16. The molecule has 1 saturated heterocycles. The van der Waals surface area contributed by atoms with E-state index in [0.29, 0.717) is 12.1 Å². The van der Waals surface area contributed by atoms with Crippen LogP contribution in [-0.2, 0) is 23.1 Å². The molecule has 3 aromatic rings. The lowest BCUT2D eigenvalue weighted by Crippen LogP contribution is -2.30. The average Bonchev–Trinajstić information content (AvgIpc) is 3.08. The molecule has 0 spiro atoms. The topological polar surface area (TPSA) is 42.3 Å². The van der Waals surface area contributed by atoms with Crippen molar-refractivity contribution in [3.63, 3.8) is 0 Å². The second-order valence-corrected chi connectivity index (χ2v) is 6.33. The highest BCUT2D eigenvalue weighted by Crippen LogP contribution is 2.29. The number of rotatable bonds is 3. The summed E-state index contributed by atoms with van der Waals surface area (Å²) in [7, 11) is 2.01. The van der Waals surface area contributed by atoms with E-state index in [4.69, 9.17) is 0 Å². The molecule has 4 rings (SSSR count). The number of aryl methyl sites for hydroxylation is 1. The predicted octanol–water partition coefficient (Wildman–Crippen LogP) is 3.30. The van der Waals surface area contributed by atoms with Crippen LogP contribution >= 0.6 is 0 Å². The number of amides is 2. The van der Waals surface area contributed by atoms with Crippen LogP contribution in [0.4, 0.5) is 5.69 Å². The molecule has 1 aliphatic rings. The van der Waals surface area contributed by atoms with Crippen molar-refractivity contribution < 1.29 is 9.59 Å². The van der Waals surface area contributed by atoms with Gasteiger partial charge >= 0.3 is 0 Å². The molecule has 120 valence electrons. The maximum Gasteiger partial charge on any atom is 0.237 e. The number of aromatic nitrogens is 1. The Morgan fingerprint density at radius 1 is 1.04 bits per heavy atom. The van der Waals surface area contributed by atoms with Gasteiger partial charge in [0, 0.05) is 25.2 Å². The first kappa shape index (κ1) is 14.7. The highest BCUT2D eigenvalue weighted by molar-refractivity contribution is 6.21. The molecule has 0 bridgehead atoms. The number of anilines is 1. The van der Waals surface area contributed by atoms with E-state index < -0.39 is 0 Å². The van der Waals surface area contributed by atoms with Gasteiger partial charge < -0.3 is 4.57 Å². The number of imide groups is 1. The molecule has 1 aromatic heterocycles. The SMILES string of the molecule is Cn1ccc2cc(CC3CC(=O)N(c4ccccc4)C3=O)ccc21. The van der Waals surface area contributed by atoms with E-state index in [1.165, 1.54) is 10.4 Å². The van der Waals surface area contributed by atoms with Gasteiger partial charge in [0.15, 0.2) is 0 Å². The average molecular weight is 318 g/mol. The fraction of sp³-hybridized carbons (Fsp3) is 0.200. The van der Waals surface area contributed by atoms with Crippen molar-refractivity contribution >= 4 is 28.4 Å². The Morgan fingerprint density at radius 2 is 1.83 bits per heavy atom. The first-order chi connectivity index (χ1) is 11.6. The van der Waals surface area contributed by atoms with Crippen molar-refractivity contribution in [2.75, 3.05) is 4.90 Å². The summed E-state index contributed by atoms with van der Waals surface area (Å²) in [6.45, 7) is 0. The van der Waals surface area contributed by atoms with Crippen LogP contribution in [0, 0.1) is 5.92 Å². The zero-order valence-electron chi connectivity index (χ0n) is 13.5. The van der Waals surface area contributed by atoms with E-state index in [-0.39, 0.29) is 24.2 Å². The van der Waals surface area contributed by atoms with E-state index in [0.717, 1.165) is 10.9 Å². The number of hydrogen-bond acceptors (Lipinski definition) is 2. The molecule has 0 aliphatic carbocycles. The minimum Gasteiger partial charge on any atom is -0.351 e. The summed E-state index contributed by atoms with van der Waals surface area (Å²) >= 11 is 0. The minimum absolute atomic E-state index is 0.0978. The molecule has 4 heteroatoms. The third kappa shape index (κ3) is 2.40. The lowest BCUT2D eigenvalue weighted by Gasteiger charge is -2.15. The summed E-state index contributed by atoms with van der Waals surface area (Å²) in [4.78, 5) is 26.3. The maximum absolute atomic E-state index is 12.7. The van der Waals surface area contributed by atoms with E-state index in [2.05, 4.69) is 22.8 Å². The van der Waals surface area contributed by atoms with Crippen LogP contribution in [0.1, 0.15) is 12.0 Å². The van der Waals surface area contributed by atoms with Gasteiger partial charge in [-0.3, -0.25) is 14.5 Å². The summed E-state index contributed by atoms with van der Waals surface area (Å²) in [6, 6.07) is 17.4. The molecule has 24 heavy (non-hydrogen) atoms. The van der Waals surface area contributed by atoms with Gasteiger partial charge in [0.1, 0.15) is 0 Å². The molecule has 2 amide bonds.